The van der Waals surface area contributed by atoms with Gasteiger partial charge in [0.05, 0.1) is 11.6 Å². The van der Waals surface area contributed by atoms with E-state index in [1.165, 1.54) is 0 Å². The molecule has 0 fully saturated rings. The summed E-state index contributed by atoms with van der Waals surface area (Å²) in [5, 5.41) is 17.5. The van der Waals surface area contributed by atoms with Gasteiger partial charge in [0.25, 0.3) is 0 Å². The number of carboxylic acids is 1. The molecule has 0 spiro atoms. The molecule has 0 unspecified atom stereocenters. The zero-order valence-corrected chi connectivity index (χ0v) is 11.3. The Morgan fingerprint density at radius 3 is 2.33 bits per heavy atom. The van der Waals surface area contributed by atoms with Crippen LogP contribution in [0, 0.1) is 23.2 Å². The zero-order chi connectivity index (χ0) is 15.1. The predicted molar refractivity (Wildman–Crippen MR) is 79.5 cm³/mol. The molecule has 21 heavy (non-hydrogen) atoms. The number of carbonyl (C=O) groups is 1. The Balaban J connectivity index is 2.08. The van der Waals surface area contributed by atoms with Crippen LogP contribution in [0.1, 0.15) is 28.7 Å². The van der Waals surface area contributed by atoms with Crippen LogP contribution in [0.3, 0.4) is 0 Å². The molecular formula is C18H13NO2. The molecule has 0 bridgehead atoms. The van der Waals surface area contributed by atoms with Gasteiger partial charge in [0.2, 0.25) is 0 Å². The summed E-state index contributed by atoms with van der Waals surface area (Å²) in [5.74, 6) is 5.24. The average molecular weight is 275 g/mol. The summed E-state index contributed by atoms with van der Waals surface area (Å²) in [6.07, 6.45) is 0.652. The third-order valence-corrected chi connectivity index (χ3v) is 2.92. The van der Waals surface area contributed by atoms with Crippen molar-refractivity contribution in [1.29, 1.82) is 5.26 Å². The van der Waals surface area contributed by atoms with Gasteiger partial charge in [0.15, 0.2) is 0 Å². The fraction of sp³-hybridized carbons (Fsp3) is 0.111. The quantitative estimate of drug-likeness (QED) is 0.876. The Kier molecular flexibility index (Phi) is 4.75. The third kappa shape index (κ3) is 4.53. The minimum Gasteiger partial charge on any atom is -0.481 e. The normalized spacial score (nSPS) is 9.29. The van der Waals surface area contributed by atoms with Crippen LogP contribution in [-0.4, -0.2) is 11.1 Å². The molecule has 0 amide bonds. The van der Waals surface area contributed by atoms with E-state index in [0.717, 1.165) is 16.7 Å². The Bertz CT molecular complexity index is 743. The van der Waals surface area contributed by atoms with Gasteiger partial charge < -0.3 is 5.11 Å². The Morgan fingerprint density at radius 2 is 1.67 bits per heavy atom. The van der Waals surface area contributed by atoms with Gasteiger partial charge in [-0.05, 0) is 42.3 Å². The van der Waals surface area contributed by atoms with Crippen LogP contribution in [0.15, 0.2) is 48.5 Å². The van der Waals surface area contributed by atoms with Crippen LogP contribution in [0.2, 0.25) is 0 Å². The number of aliphatic carboxylic acids is 1. The fourth-order valence-corrected chi connectivity index (χ4v) is 1.82. The van der Waals surface area contributed by atoms with Crippen LogP contribution in [-0.2, 0) is 11.2 Å². The number of aryl methyl sites for hydroxylation is 1. The van der Waals surface area contributed by atoms with E-state index in [0.29, 0.717) is 12.0 Å². The molecular weight excluding hydrogens is 262 g/mol. The Hall–Kier alpha value is -3.04. The van der Waals surface area contributed by atoms with Gasteiger partial charge in [-0.3, -0.25) is 4.79 Å². The highest BCUT2D eigenvalue weighted by Crippen LogP contribution is 2.07. The van der Waals surface area contributed by atoms with Crippen LogP contribution in [0.4, 0.5) is 0 Å². The number of benzene rings is 2. The minimum absolute atomic E-state index is 0.131. The summed E-state index contributed by atoms with van der Waals surface area (Å²) in [6, 6.07) is 16.7. The molecule has 3 heteroatoms. The SMILES string of the molecule is N#Cc1cccc(C#Cc2ccc(CCC(=O)O)cc2)c1. The Labute approximate surface area is 123 Å². The van der Waals surface area contributed by atoms with Crippen molar-refractivity contribution in [3.63, 3.8) is 0 Å². The third-order valence-electron chi connectivity index (χ3n) is 2.92. The van der Waals surface area contributed by atoms with E-state index in [2.05, 4.69) is 17.9 Å². The molecule has 0 saturated carbocycles. The number of nitrogens with zero attached hydrogens (tertiary/aromatic N) is 1. The second-order valence-electron chi connectivity index (χ2n) is 4.53. The lowest BCUT2D eigenvalue weighted by Gasteiger charge is -1.98. The van der Waals surface area contributed by atoms with Crippen LogP contribution < -0.4 is 0 Å². The maximum absolute atomic E-state index is 10.5. The van der Waals surface area contributed by atoms with Gasteiger partial charge in [-0.25, -0.2) is 0 Å². The number of hydrogen-bond acceptors (Lipinski definition) is 2. The molecule has 0 atom stereocenters. The first-order chi connectivity index (χ1) is 10.2. The van der Waals surface area contributed by atoms with Crippen molar-refractivity contribution in [3.05, 3.63) is 70.8 Å². The predicted octanol–water partition coefficient (Wildman–Crippen LogP) is 2.98. The van der Waals surface area contributed by atoms with Crippen molar-refractivity contribution in [3.8, 4) is 17.9 Å². The largest absolute Gasteiger partial charge is 0.481 e. The van der Waals surface area contributed by atoms with Gasteiger partial charge in [-0.1, -0.05) is 30.0 Å². The first kappa shape index (κ1) is 14.4. The second kappa shape index (κ2) is 6.93. The van der Waals surface area contributed by atoms with E-state index < -0.39 is 5.97 Å². The summed E-state index contributed by atoms with van der Waals surface area (Å²) >= 11 is 0. The maximum atomic E-state index is 10.5. The lowest BCUT2D eigenvalue weighted by molar-refractivity contribution is -0.136. The minimum atomic E-state index is -0.795. The molecule has 3 nitrogen and oxygen atoms in total. The summed E-state index contributed by atoms with van der Waals surface area (Å²) in [5.41, 5.74) is 3.22. The number of nitriles is 1. The van der Waals surface area contributed by atoms with Crippen molar-refractivity contribution < 1.29 is 9.90 Å². The van der Waals surface area contributed by atoms with E-state index in [4.69, 9.17) is 10.4 Å². The molecule has 0 radical (unpaired) electrons. The zero-order valence-electron chi connectivity index (χ0n) is 11.3. The van der Waals surface area contributed by atoms with Crippen molar-refractivity contribution in [1.82, 2.24) is 0 Å². The molecule has 0 aliphatic carbocycles. The molecule has 2 aromatic carbocycles. The highest BCUT2D eigenvalue weighted by Gasteiger charge is 1.98. The summed E-state index contributed by atoms with van der Waals surface area (Å²) < 4.78 is 0. The second-order valence-corrected chi connectivity index (χ2v) is 4.53. The van der Waals surface area contributed by atoms with E-state index in [-0.39, 0.29) is 6.42 Å². The molecule has 2 rings (SSSR count). The molecule has 102 valence electrons. The van der Waals surface area contributed by atoms with Crippen LogP contribution in [0.5, 0.6) is 0 Å². The monoisotopic (exact) mass is 275 g/mol. The Morgan fingerprint density at radius 1 is 1.00 bits per heavy atom. The number of hydrogen-bond donors (Lipinski definition) is 1. The number of carboxylic acid groups (broad SMARTS) is 1. The van der Waals surface area contributed by atoms with E-state index >= 15 is 0 Å². The lowest BCUT2D eigenvalue weighted by Crippen LogP contribution is -1.97. The van der Waals surface area contributed by atoms with E-state index in [1.807, 2.05) is 30.3 Å². The van der Waals surface area contributed by atoms with E-state index in [1.54, 1.807) is 18.2 Å². The first-order valence-corrected chi connectivity index (χ1v) is 6.50. The van der Waals surface area contributed by atoms with Gasteiger partial charge in [0, 0.05) is 17.5 Å². The maximum Gasteiger partial charge on any atom is 0.303 e. The highest BCUT2D eigenvalue weighted by atomic mass is 16.4. The molecule has 0 saturated heterocycles. The van der Waals surface area contributed by atoms with Crippen molar-refractivity contribution in [2.24, 2.45) is 0 Å². The fourth-order valence-electron chi connectivity index (χ4n) is 1.82. The van der Waals surface area contributed by atoms with Gasteiger partial charge >= 0.3 is 5.97 Å². The molecule has 0 heterocycles. The highest BCUT2D eigenvalue weighted by molar-refractivity contribution is 5.67. The van der Waals surface area contributed by atoms with Crippen LogP contribution in [0.25, 0.3) is 0 Å². The van der Waals surface area contributed by atoms with Gasteiger partial charge in [-0.15, -0.1) is 0 Å². The van der Waals surface area contributed by atoms with Gasteiger partial charge in [0.1, 0.15) is 0 Å². The number of rotatable bonds is 3. The molecule has 1 N–H and O–H groups in total. The van der Waals surface area contributed by atoms with Crippen molar-refractivity contribution in [2.75, 3.05) is 0 Å². The lowest BCUT2D eigenvalue weighted by atomic mass is 10.1. The van der Waals surface area contributed by atoms with Crippen LogP contribution >= 0.6 is 0 Å². The molecule has 0 aliphatic rings. The smallest absolute Gasteiger partial charge is 0.303 e. The molecule has 2 aromatic rings. The summed E-state index contributed by atoms with van der Waals surface area (Å²) in [6.45, 7) is 0. The summed E-state index contributed by atoms with van der Waals surface area (Å²) in [7, 11) is 0. The standard InChI is InChI=1S/C18H13NO2/c19-13-17-3-1-2-16(12-17)9-8-14-4-6-15(7-5-14)10-11-18(20)21/h1-7,12H,10-11H2,(H,20,21). The molecule has 0 aromatic heterocycles. The molecule has 0 aliphatic heterocycles. The van der Waals surface area contributed by atoms with Crippen molar-refractivity contribution in [2.45, 2.75) is 12.8 Å². The van der Waals surface area contributed by atoms with Gasteiger partial charge in [-0.2, -0.15) is 5.26 Å². The average Bonchev–Trinajstić information content (AvgIpc) is 2.52. The first-order valence-electron chi connectivity index (χ1n) is 6.50. The topological polar surface area (TPSA) is 61.1 Å². The summed E-state index contributed by atoms with van der Waals surface area (Å²) in [4.78, 5) is 10.5. The van der Waals surface area contributed by atoms with E-state index in [9.17, 15) is 4.79 Å². The van der Waals surface area contributed by atoms with Crippen molar-refractivity contribution >= 4 is 5.97 Å².